The SMILES string of the molecule is CC(NCCNC(C)(C)C)c1ccc2[nH]c(=O)[nH]c2c1. The smallest absolute Gasteiger partial charge is 0.311 e. The Morgan fingerprint density at radius 2 is 1.85 bits per heavy atom. The number of hydrogen-bond acceptors (Lipinski definition) is 3. The summed E-state index contributed by atoms with van der Waals surface area (Å²) in [5.41, 5.74) is 2.86. The van der Waals surface area contributed by atoms with E-state index in [2.05, 4.69) is 48.3 Å². The molecule has 20 heavy (non-hydrogen) atoms. The first-order valence-corrected chi connectivity index (χ1v) is 7.05. The molecule has 110 valence electrons. The fourth-order valence-corrected chi connectivity index (χ4v) is 2.16. The van der Waals surface area contributed by atoms with E-state index in [9.17, 15) is 4.79 Å². The zero-order valence-corrected chi connectivity index (χ0v) is 12.6. The molecule has 2 rings (SSSR count). The molecule has 0 fully saturated rings. The summed E-state index contributed by atoms with van der Waals surface area (Å²) in [5.74, 6) is 0. The Kier molecular flexibility index (Phi) is 4.30. The van der Waals surface area contributed by atoms with E-state index in [1.54, 1.807) is 0 Å². The number of H-pyrrole nitrogens is 2. The molecular weight excluding hydrogens is 252 g/mol. The monoisotopic (exact) mass is 276 g/mol. The van der Waals surface area contributed by atoms with Gasteiger partial charge in [0.1, 0.15) is 0 Å². The minimum atomic E-state index is -0.160. The zero-order chi connectivity index (χ0) is 14.8. The minimum absolute atomic E-state index is 0.147. The topological polar surface area (TPSA) is 72.7 Å². The second-order valence-corrected chi connectivity index (χ2v) is 6.24. The maximum atomic E-state index is 11.2. The van der Waals surface area contributed by atoms with E-state index in [1.165, 1.54) is 5.56 Å². The van der Waals surface area contributed by atoms with Gasteiger partial charge in [0.2, 0.25) is 0 Å². The van der Waals surface area contributed by atoms with Crippen molar-refractivity contribution in [3.8, 4) is 0 Å². The van der Waals surface area contributed by atoms with Crippen molar-refractivity contribution in [1.29, 1.82) is 0 Å². The van der Waals surface area contributed by atoms with E-state index >= 15 is 0 Å². The standard InChI is InChI=1S/C15H24N4O/c1-10(16-7-8-17-15(2,3)4)11-5-6-12-13(9-11)19-14(20)18-12/h5-6,9-10,16-17H,7-8H2,1-4H3,(H2,18,19,20). The maximum Gasteiger partial charge on any atom is 0.323 e. The van der Waals surface area contributed by atoms with Crippen LogP contribution in [-0.2, 0) is 0 Å². The zero-order valence-electron chi connectivity index (χ0n) is 12.6. The molecule has 0 aliphatic heterocycles. The molecule has 0 amide bonds. The summed E-state index contributed by atoms with van der Waals surface area (Å²) in [5, 5.41) is 6.92. The van der Waals surface area contributed by atoms with Crippen molar-refractivity contribution >= 4 is 11.0 Å². The number of fused-ring (bicyclic) bond motifs is 1. The third-order valence-corrected chi connectivity index (χ3v) is 3.27. The Morgan fingerprint density at radius 1 is 1.15 bits per heavy atom. The van der Waals surface area contributed by atoms with Crippen molar-refractivity contribution in [1.82, 2.24) is 20.6 Å². The number of imidazole rings is 1. The highest BCUT2D eigenvalue weighted by atomic mass is 16.1. The number of aromatic amines is 2. The quantitative estimate of drug-likeness (QED) is 0.630. The van der Waals surface area contributed by atoms with E-state index in [0.717, 1.165) is 24.1 Å². The summed E-state index contributed by atoms with van der Waals surface area (Å²) >= 11 is 0. The molecule has 0 aliphatic rings. The molecule has 1 unspecified atom stereocenters. The summed E-state index contributed by atoms with van der Waals surface area (Å²) < 4.78 is 0. The molecule has 0 aliphatic carbocycles. The molecule has 5 nitrogen and oxygen atoms in total. The van der Waals surface area contributed by atoms with Crippen molar-refractivity contribution in [2.75, 3.05) is 13.1 Å². The van der Waals surface area contributed by atoms with Gasteiger partial charge in [-0.3, -0.25) is 0 Å². The van der Waals surface area contributed by atoms with Gasteiger partial charge >= 0.3 is 5.69 Å². The summed E-state index contributed by atoms with van der Waals surface area (Å²) in [6.45, 7) is 10.4. The van der Waals surface area contributed by atoms with Gasteiger partial charge in [-0.05, 0) is 45.4 Å². The van der Waals surface area contributed by atoms with Gasteiger partial charge in [-0.2, -0.15) is 0 Å². The molecule has 1 atom stereocenters. The van der Waals surface area contributed by atoms with Crippen LogP contribution in [-0.4, -0.2) is 28.6 Å². The average molecular weight is 276 g/mol. The van der Waals surface area contributed by atoms with Crippen molar-refractivity contribution in [2.24, 2.45) is 0 Å². The molecule has 4 N–H and O–H groups in total. The largest absolute Gasteiger partial charge is 0.323 e. The summed E-state index contributed by atoms with van der Waals surface area (Å²) in [6, 6.07) is 6.25. The molecule has 1 heterocycles. The van der Waals surface area contributed by atoms with Gasteiger partial charge in [-0.1, -0.05) is 6.07 Å². The molecule has 1 aromatic heterocycles. The lowest BCUT2D eigenvalue weighted by Gasteiger charge is -2.22. The molecule has 0 bridgehead atoms. The summed E-state index contributed by atoms with van der Waals surface area (Å²) in [4.78, 5) is 16.8. The molecule has 1 aromatic carbocycles. The lowest BCUT2D eigenvalue weighted by Crippen LogP contribution is -2.40. The first-order chi connectivity index (χ1) is 9.35. The molecule has 0 saturated carbocycles. The molecule has 2 aromatic rings. The van der Waals surface area contributed by atoms with Crippen LogP contribution in [0, 0.1) is 0 Å². The normalized spacial score (nSPS) is 13.8. The van der Waals surface area contributed by atoms with Crippen LogP contribution in [0.5, 0.6) is 0 Å². The fraction of sp³-hybridized carbons (Fsp3) is 0.533. The minimum Gasteiger partial charge on any atom is -0.311 e. The van der Waals surface area contributed by atoms with Crippen LogP contribution in [0.25, 0.3) is 11.0 Å². The maximum absolute atomic E-state index is 11.2. The third-order valence-electron chi connectivity index (χ3n) is 3.27. The molecule has 5 heteroatoms. The Bertz CT molecular complexity index is 621. The van der Waals surface area contributed by atoms with Gasteiger partial charge in [-0.25, -0.2) is 4.79 Å². The number of aromatic nitrogens is 2. The number of benzene rings is 1. The average Bonchev–Trinajstić information content (AvgIpc) is 2.72. The molecule has 0 saturated heterocycles. The van der Waals surface area contributed by atoms with Crippen LogP contribution in [0.2, 0.25) is 0 Å². The van der Waals surface area contributed by atoms with Gasteiger partial charge in [0.15, 0.2) is 0 Å². The van der Waals surface area contributed by atoms with Gasteiger partial charge in [-0.15, -0.1) is 0 Å². The first-order valence-electron chi connectivity index (χ1n) is 7.05. The fourth-order valence-electron chi connectivity index (χ4n) is 2.16. The highest BCUT2D eigenvalue weighted by Crippen LogP contribution is 2.16. The second kappa shape index (κ2) is 5.81. The lowest BCUT2D eigenvalue weighted by molar-refractivity contribution is 0.414. The van der Waals surface area contributed by atoms with E-state index in [1.807, 2.05) is 18.2 Å². The van der Waals surface area contributed by atoms with E-state index < -0.39 is 0 Å². The number of hydrogen-bond donors (Lipinski definition) is 4. The van der Waals surface area contributed by atoms with Crippen molar-refractivity contribution in [2.45, 2.75) is 39.3 Å². The summed E-state index contributed by atoms with van der Waals surface area (Å²) in [7, 11) is 0. The van der Waals surface area contributed by atoms with Crippen LogP contribution < -0.4 is 16.3 Å². The molecule has 0 spiro atoms. The van der Waals surface area contributed by atoms with Gasteiger partial charge < -0.3 is 20.6 Å². The molecular formula is C15H24N4O. The Morgan fingerprint density at radius 3 is 2.55 bits per heavy atom. The lowest BCUT2D eigenvalue weighted by atomic mass is 10.1. The Labute approximate surface area is 119 Å². The van der Waals surface area contributed by atoms with E-state index in [0.29, 0.717) is 0 Å². The van der Waals surface area contributed by atoms with Crippen molar-refractivity contribution < 1.29 is 0 Å². The van der Waals surface area contributed by atoms with Crippen LogP contribution in [0.4, 0.5) is 0 Å². The first kappa shape index (κ1) is 14.8. The predicted octanol–water partition coefficient (Wildman–Crippen LogP) is 1.89. The number of rotatable bonds is 5. The van der Waals surface area contributed by atoms with E-state index in [4.69, 9.17) is 0 Å². The number of nitrogens with one attached hydrogen (secondary N) is 4. The second-order valence-electron chi connectivity index (χ2n) is 6.24. The Hall–Kier alpha value is -1.59. The molecule has 0 radical (unpaired) electrons. The van der Waals surface area contributed by atoms with E-state index in [-0.39, 0.29) is 17.3 Å². The third kappa shape index (κ3) is 3.95. The predicted molar refractivity (Wildman–Crippen MR) is 83.1 cm³/mol. The Balaban J connectivity index is 1.93. The van der Waals surface area contributed by atoms with Gasteiger partial charge in [0.25, 0.3) is 0 Å². The van der Waals surface area contributed by atoms with Crippen molar-refractivity contribution in [3.63, 3.8) is 0 Å². The van der Waals surface area contributed by atoms with Gasteiger partial charge in [0, 0.05) is 24.7 Å². The van der Waals surface area contributed by atoms with Crippen LogP contribution in [0.15, 0.2) is 23.0 Å². The van der Waals surface area contributed by atoms with Gasteiger partial charge in [0.05, 0.1) is 11.0 Å². The van der Waals surface area contributed by atoms with Crippen LogP contribution >= 0.6 is 0 Å². The van der Waals surface area contributed by atoms with Crippen LogP contribution in [0.1, 0.15) is 39.3 Å². The highest BCUT2D eigenvalue weighted by Gasteiger charge is 2.09. The highest BCUT2D eigenvalue weighted by molar-refractivity contribution is 5.75. The summed E-state index contributed by atoms with van der Waals surface area (Å²) in [6.07, 6.45) is 0. The van der Waals surface area contributed by atoms with Crippen molar-refractivity contribution in [3.05, 3.63) is 34.2 Å². The van der Waals surface area contributed by atoms with Crippen LogP contribution in [0.3, 0.4) is 0 Å².